The zero-order valence-electron chi connectivity index (χ0n) is 19.5. The Morgan fingerprint density at radius 2 is 1.88 bits per heavy atom. The third-order valence-corrected chi connectivity index (χ3v) is 6.38. The average Bonchev–Trinajstić information content (AvgIpc) is 3.38. The lowest BCUT2D eigenvalue weighted by atomic mass is 10.0. The lowest BCUT2D eigenvalue weighted by Gasteiger charge is -2.16. The van der Waals surface area contributed by atoms with Crippen molar-refractivity contribution >= 4 is 28.4 Å². The van der Waals surface area contributed by atoms with Crippen LogP contribution >= 0.6 is 0 Å². The van der Waals surface area contributed by atoms with Gasteiger partial charge in [0.2, 0.25) is 5.95 Å². The topological polar surface area (TPSA) is 89.2 Å². The Balaban J connectivity index is 1.39. The van der Waals surface area contributed by atoms with Crippen molar-refractivity contribution < 1.29 is 4.74 Å². The molecule has 0 saturated carbocycles. The normalized spacial score (nSPS) is 13.9. The van der Waals surface area contributed by atoms with Gasteiger partial charge in [0.1, 0.15) is 11.6 Å². The summed E-state index contributed by atoms with van der Waals surface area (Å²) in [5.74, 6) is 1.73. The number of methoxy groups -OCH3 is 1. The molecule has 0 bridgehead atoms. The fourth-order valence-corrected chi connectivity index (χ4v) is 4.60. The van der Waals surface area contributed by atoms with Gasteiger partial charge in [-0.15, -0.1) is 0 Å². The van der Waals surface area contributed by atoms with E-state index >= 15 is 0 Å². The first-order chi connectivity index (χ1) is 16.7. The number of ether oxygens (including phenoxy) is 1. The maximum atomic E-state index is 5.93. The monoisotopic (exact) mass is 454 g/mol. The summed E-state index contributed by atoms with van der Waals surface area (Å²) >= 11 is 0. The number of nitrogens with one attached hydrogen (secondary N) is 1. The highest BCUT2D eigenvalue weighted by Gasteiger charge is 2.14. The standard InChI is InChI=1S/C27H30N6O/c1-34-25-16-20(11-10-19(25)8-6-14-33-12-4-5-13-33)23-18-30-27(28)32-26(23)31-22-15-21-7-2-3-9-24(21)29-17-22/h2-3,7,9-11,15-18H,4-6,8,12-14H2,1H3,(H3,28,30,31,32). The number of anilines is 3. The quantitative estimate of drug-likeness (QED) is 0.385. The fraction of sp³-hybridized carbons (Fsp3) is 0.296. The van der Waals surface area contributed by atoms with Crippen molar-refractivity contribution in [2.45, 2.75) is 25.7 Å². The number of aryl methyl sites for hydroxylation is 1. The Morgan fingerprint density at radius 3 is 2.74 bits per heavy atom. The molecule has 2 aromatic carbocycles. The van der Waals surface area contributed by atoms with Gasteiger partial charge in [-0.1, -0.05) is 30.3 Å². The van der Waals surface area contributed by atoms with Gasteiger partial charge in [0, 0.05) is 17.1 Å². The van der Waals surface area contributed by atoms with Crippen molar-refractivity contribution in [2.24, 2.45) is 0 Å². The molecule has 7 nitrogen and oxygen atoms in total. The Kier molecular flexibility index (Phi) is 6.53. The van der Waals surface area contributed by atoms with E-state index in [1.54, 1.807) is 19.5 Å². The Labute approximate surface area is 200 Å². The molecule has 5 rings (SSSR count). The van der Waals surface area contributed by atoms with Gasteiger partial charge in [-0.2, -0.15) is 4.98 Å². The molecule has 3 heterocycles. The second kappa shape index (κ2) is 10.1. The highest BCUT2D eigenvalue weighted by atomic mass is 16.5. The maximum Gasteiger partial charge on any atom is 0.221 e. The van der Waals surface area contributed by atoms with E-state index in [-0.39, 0.29) is 5.95 Å². The fourth-order valence-electron chi connectivity index (χ4n) is 4.60. The van der Waals surface area contributed by atoms with Crippen molar-refractivity contribution in [3.63, 3.8) is 0 Å². The van der Waals surface area contributed by atoms with Crippen LogP contribution in [0.25, 0.3) is 22.0 Å². The molecule has 0 aliphatic carbocycles. The Morgan fingerprint density at radius 1 is 1.03 bits per heavy atom. The van der Waals surface area contributed by atoms with Crippen LogP contribution in [-0.4, -0.2) is 46.6 Å². The lowest BCUT2D eigenvalue weighted by Crippen LogP contribution is -2.20. The molecule has 3 N–H and O–H groups in total. The van der Waals surface area contributed by atoms with Crippen LogP contribution in [0, 0.1) is 0 Å². The molecule has 1 aliphatic rings. The minimum Gasteiger partial charge on any atom is -0.496 e. The van der Waals surface area contributed by atoms with E-state index < -0.39 is 0 Å². The van der Waals surface area contributed by atoms with Crippen LogP contribution in [0.2, 0.25) is 0 Å². The summed E-state index contributed by atoms with van der Waals surface area (Å²) in [6, 6.07) is 16.4. The van der Waals surface area contributed by atoms with Crippen LogP contribution in [0.4, 0.5) is 17.5 Å². The van der Waals surface area contributed by atoms with Crippen LogP contribution in [0.1, 0.15) is 24.8 Å². The summed E-state index contributed by atoms with van der Waals surface area (Å²) in [6.45, 7) is 3.61. The first-order valence-electron chi connectivity index (χ1n) is 11.8. The zero-order chi connectivity index (χ0) is 23.3. The van der Waals surface area contributed by atoms with Gasteiger partial charge in [0.15, 0.2) is 0 Å². The van der Waals surface area contributed by atoms with Crippen LogP contribution in [0.3, 0.4) is 0 Å². The first kappa shape index (κ1) is 22.1. The molecule has 2 aromatic heterocycles. The maximum absolute atomic E-state index is 5.93. The zero-order valence-corrected chi connectivity index (χ0v) is 19.5. The van der Waals surface area contributed by atoms with Crippen LogP contribution < -0.4 is 15.8 Å². The molecule has 1 saturated heterocycles. The predicted octanol–water partition coefficient (Wildman–Crippen LogP) is 5.05. The molecule has 0 atom stereocenters. The van der Waals surface area contributed by atoms with Crippen molar-refractivity contribution in [1.82, 2.24) is 19.9 Å². The molecule has 0 amide bonds. The minimum atomic E-state index is 0.213. The van der Waals surface area contributed by atoms with E-state index in [2.05, 4.69) is 49.4 Å². The Bertz CT molecular complexity index is 1290. The number of aromatic nitrogens is 3. The van der Waals surface area contributed by atoms with Crippen molar-refractivity contribution in [2.75, 3.05) is 37.8 Å². The number of nitrogens with zero attached hydrogens (tertiary/aromatic N) is 4. The smallest absolute Gasteiger partial charge is 0.221 e. The largest absolute Gasteiger partial charge is 0.496 e. The number of benzene rings is 2. The van der Waals surface area contributed by atoms with Crippen molar-refractivity contribution in [3.05, 3.63) is 66.5 Å². The van der Waals surface area contributed by atoms with E-state index in [0.29, 0.717) is 5.82 Å². The number of nitrogen functional groups attached to an aromatic ring is 1. The molecule has 0 spiro atoms. The predicted molar refractivity (Wildman–Crippen MR) is 137 cm³/mol. The van der Waals surface area contributed by atoms with Gasteiger partial charge < -0.3 is 20.7 Å². The highest BCUT2D eigenvalue weighted by Crippen LogP contribution is 2.33. The molecule has 34 heavy (non-hydrogen) atoms. The second-order valence-electron chi connectivity index (χ2n) is 8.71. The van der Waals surface area contributed by atoms with E-state index in [1.165, 1.54) is 31.5 Å². The van der Waals surface area contributed by atoms with Crippen molar-refractivity contribution in [1.29, 1.82) is 0 Å². The third-order valence-electron chi connectivity index (χ3n) is 6.38. The summed E-state index contributed by atoms with van der Waals surface area (Å²) in [7, 11) is 1.72. The van der Waals surface area contributed by atoms with E-state index in [1.807, 2.05) is 24.3 Å². The van der Waals surface area contributed by atoms with E-state index in [0.717, 1.165) is 52.9 Å². The first-order valence-corrected chi connectivity index (χ1v) is 11.8. The molecule has 1 fully saturated rings. The van der Waals surface area contributed by atoms with E-state index in [4.69, 9.17) is 10.5 Å². The van der Waals surface area contributed by atoms with Gasteiger partial charge in [-0.25, -0.2) is 4.98 Å². The number of para-hydroxylation sites is 1. The van der Waals surface area contributed by atoms with Gasteiger partial charge in [0.05, 0.1) is 24.5 Å². The highest BCUT2D eigenvalue weighted by molar-refractivity contribution is 5.84. The lowest BCUT2D eigenvalue weighted by molar-refractivity contribution is 0.332. The molecular weight excluding hydrogens is 424 g/mol. The molecule has 1 aliphatic heterocycles. The third kappa shape index (κ3) is 4.94. The van der Waals surface area contributed by atoms with Gasteiger partial charge >= 0.3 is 0 Å². The SMILES string of the molecule is COc1cc(-c2cnc(N)nc2Nc2cnc3ccccc3c2)ccc1CCCN1CCCC1. The number of pyridine rings is 1. The van der Waals surface area contributed by atoms with Crippen LogP contribution in [0.5, 0.6) is 5.75 Å². The Hall–Kier alpha value is -3.71. The summed E-state index contributed by atoms with van der Waals surface area (Å²) < 4.78 is 5.75. The van der Waals surface area contributed by atoms with Gasteiger partial charge in [-0.3, -0.25) is 4.98 Å². The summed E-state index contributed by atoms with van der Waals surface area (Å²) in [4.78, 5) is 15.8. The van der Waals surface area contributed by atoms with E-state index in [9.17, 15) is 0 Å². The molecular formula is C27H30N6O. The number of rotatable bonds is 8. The van der Waals surface area contributed by atoms with Crippen LogP contribution in [0.15, 0.2) is 60.9 Å². The van der Waals surface area contributed by atoms with Gasteiger partial charge in [-0.05, 0) is 74.6 Å². The molecule has 4 aromatic rings. The second-order valence-corrected chi connectivity index (χ2v) is 8.71. The molecule has 174 valence electrons. The number of hydrogen-bond donors (Lipinski definition) is 2. The molecule has 0 unspecified atom stereocenters. The average molecular weight is 455 g/mol. The number of likely N-dealkylation sites (tertiary alicyclic amines) is 1. The minimum absolute atomic E-state index is 0.213. The molecule has 7 heteroatoms. The summed E-state index contributed by atoms with van der Waals surface area (Å²) in [5.41, 5.74) is 10.7. The summed E-state index contributed by atoms with van der Waals surface area (Å²) in [5, 5.41) is 4.43. The van der Waals surface area contributed by atoms with Crippen LogP contribution in [-0.2, 0) is 6.42 Å². The summed E-state index contributed by atoms with van der Waals surface area (Å²) in [6.07, 6.45) is 8.32. The number of fused-ring (bicyclic) bond motifs is 1. The van der Waals surface area contributed by atoms with Crippen molar-refractivity contribution in [3.8, 4) is 16.9 Å². The number of nitrogens with two attached hydrogens (primary N) is 1. The number of hydrogen-bond acceptors (Lipinski definition) is 7. The molecule has 0 radical (unpaired) electrons. The van der Waals surface area contributed by atoms with Gasteiger partial charge in [0.25, 0.3) is 0 Å².